The number of hydrogen-bond donors (Lipinski definition) is 1. The molecule has 116 valence electrons. The molecule has 0 radical (unpaired) electrons. The van der Waals surface area contributed by atoms with Gasteiger partial charge in [-0.05, 0) is 43.4 Å². The van der Waals surface area contributed by atoms with Crippen molar-refractivity contribution in [2.45, 2.75) is 57.4 Å². The Morgan fingerprint density at radius 2 is 2.00 bits per heavy atom. The van der Waals surface area contributed by atoms with Crippen LogP contribution in [0.2, 0.25) is 0 Å². The summed E-state index contributed by atoms with van der Waals surface area (Å²) in [7, 11) is 1.83. The number of nitrogens with one attached hydrogen (secondary N) is 1. The number of methoxy groups -OCH3 is 1. The van der Waals surface area contributed by atoms with Gasteiger partial charge >= 0.3 is 0 Å². The second kappa shape index (κ2) is 6.76. The SMILES string of the molecule is COCCC1(CN2CCNC(C3CCCCC3)C2)CC1. The molecule has 3 aliphatic rings. The van der Waals surface area contributed by atoms with E-state index >= 15 is 0 Å². The first-order valence-corrected chi connectivity index (χ1v) is 8.76. The summed E-state index contributed by atoms with van der Waals surface area (Å²) in [6.45, 7) is 6.00. The second-order valence-corrected chi connectivity index (χ2v) is 7.44. The molecule has 0 spiro atoms. The van der Waals surface area contributed by atoms with E-state index in [4.69, 9.17) is 4.74 Å². The molecule has 3 rings (SSSR count). The van der Waals surface area contributed by atoms with Crippen molar-refractivity contribution in [2.24, 2.45) is 11.3 Å². The molecule has 1 unspecified atom stereocenters. The van der Waals surface area contributed by atoms with Gasteiger partial charge in [0.1, 0.15) is 0 Å². The van der Waals surface area contributed by atoms with Gasteiger partial charge < -0.3 is 10.1 Å². The molecule has 3 nitrogen and oxygen atoms in total. The van der Waals surface area contributed by atoms with Gasteiger partial charge in [0, 0.05) is 45.9 Å². The minimum Gasteiger partial charge on any atom is -0.385 e. The maximum Gasteiger partial charge on any atom is 0.0468 e. The predicted molar refractivity (Wildman–Crippen MR) is 83.0 cm³/mol. The summed E-state index contributed by atoms with van der Waals surface area (Å²) >= 11 is 0. The average molecular weight is 280 g/mol. The topological polar surface area (TPSA) is 24.5 Å². The first-order valence-electron chi connectivity index (χ1n) is 8.76. The molecule has 2 aliphatic carbocycles. The lowest BCUT2D eigenvalue weighted by molar-refractivity contribution is 0.108. The molecule has 0 aromatic carbocycles. The van der Waals surface area contributed by atoms with Crippen molar-refractivity contribution >= 4 is 0 Å². The van der Waals surface area contributed by atoms with Crippen LogP contribution in [0, 0.1) is 11.3 Å². The van der Waals surface area contributed by atoms with E-state index < -0.39 is 0 Å². The second-order valence-electron chi connectivity index (χ2n) is 7.44. The highest BCUT2D eigenvalue weighted by Gasteiger charge is 2.44. The molecule has 1 N–H and O–H groups in total. The van der Waals surface area contributed by atoms with Crippen molar-refractivity contribution < 1.29 is 4.74 Å². The number of hydrogen-bond acceptors (Lipinski definition) is 3. The van der Waals surface area contributed by atoms with Gasteiger partial charge in [0.15, 0.2) is 0 Å². The molecule has 1 heterocycles. The number of rotatable bonds is 6. The van der Waals surface area contributed by atoms with E-state index in [1.165, 1.54) is 77.5 Å². The van der Waals surface area contributed by atoms with E-state index in [2.05, 4.69) is 10.2 Å². The zero-order valence-electron chi connectivity index (χ0n) is 13.2. The zero-order valence-corrected chi connectivity index (χ0v) is 13.2. The summed E-state index contributed by atoms with van der Waals surface area (Å²) in [6.07, 6.45) is 11.4. The van der Waals surface area contributed by atoms with Crippen LogP contribution in [-0.4, -0.2) is 50.8 Å². The summed E-state index contributed by atoms with van der Waals surface area (Å²) in [5.74, 6) is 0.945. The Hall–Kier alpha value is -0.120. The summed E-state index contributed by atoms with van der Waals surface area (Å²) < 4.78 is 5.29. The van der Waals surface area contributed by atoms with Gasteiger partial charge in [0.05, 0.1) is 0 Å². The van der Waals surface area contributed by atoms with Crippen LogP contribution < -0.4 is 5.32 Å². The Kier molecular flexibility index (Phi) is 5.00. The van der Waals surface area contributed by atoms with Gasteiger partial charge in [0.25, 0.3) is 0 Å². The van der Waals surface area contributed by atoms with Crippen molar-refractivity contribution in [3.63, 3.8) is 0 Å². The van der Waals surface area contributed by atoms with Crippen LogP contribution in [0.25, 0.3) is 0 Å². The highest BCUT2D eigenvalue weighted by Crippen LogP contribution is 2.49. The minimum atomic E-state index is 0.616. The highest BCUT2D eigenvalue weighted by atomic mass is 16.5. The number of piperazine rings is 1. The fraction of sp³-hybridized carbons (Fsp3) is 1.00. The smallest absolute Gasteiger partial charge is 0.0468 e. The summed E-state index contributed by atoms with van der Waals surface area (Å²) in [6, 6.07) is 0.766. The molecule has 0 bridgehead atoms. The molecule has 20 heavy (non-hydrogen) atoms. The van der Waals surface area contributed by atoms with Crippen molar-refractivity contribution in [3.8, 4) is 0 Å². The number of ether oxygens (including phenoxy) is 1. The number of nitrogens with zero attached hydrogens (tertiary/aromatic N) is 1. The maximum atomic E-state index is 5.29. The molecule has 3 fully saturated rings. The van der Waals surface area contributed by atoms with Gasteiger partial charge in [0.2, 0.25) is 0 Å². The lowest BCUT2D eigenvalue weighted by Crippen LogP contribution is -2.55. The molecular weight excluding hydrogens is 248 g/mol. The Morgan fingerprint density at radius 1 is 1.20 bits per heavy atom. The van der Waals surface area contributed by atoms with Crippen molar-refractivity contribution in [1.82, 2.24) is 10.2 Å². The van der Waals surface area contributed by atoms with E-state index in [0.717, 1.165) is 18.6 Å². The minimum absolute atomic E-state index is 0.616. The molecular formula is C17H32N2O. The van der Waals surface area contributed by atoms with Crippen molar-refractivity contribution in [3.05, 3.63) is 0 Å². The van der Waals surface area contributed by atoms with Crippen LogP contribution in [-0.2, 0) is 4.74 Å². The molecule has 2 saturated carbocycles. The van der Waals surface area contributed by atoms with E-state index in [0.29, 0.717) is 5.41 Å². The van der Waals surface area contributed by atoms with Gasteiger partial charge in [-0.15, -0.1) is 0 Å². The van der Waals surface area contributed by atoms with E-state index in [1.54, 1.807) is 0 Å². The highest BCUT2D eigenvalue weighted by molar-refractivity contribution is 4.97. The largest absolute Gasteiger partial charge is 0.385 e. The molecule has 0 aromatic heterocycles. The molecule has 1 aliphatic heterocycles. The first kappa shape index (κ1) is 14.8. The fourth-order valence-corrected chi connectivity index (χ4v) is 4.29. The third kappa shape index (κ3) is 3.75. The van der Waals surface area contributed by atoms with Crippen LogP contribution in [0.5, 0.6) is 0 Å². The van der Waals surface area contributed by atoms with Crippen LogP contribution >= 0.6 is 0 Å². The molecule has 1 saturated heterocycles. The predicted octanol–water partition coefficient (Wildman–Crippen LogP) is 2.66. The quantitative estimate of drug-likeness (QED) is 0.809. The lowest BCUT2D eigenvalue weighted by atomic mass is 9.83. The Bertz CT molecular complexity index is 297. The Balaban J connectivity index is 1.48. The van der Waals surface area contributed by atoms with Crippen molar-refractivity contribution in [2.75, 3.05) is 39.9 Å². The summed E-state index contributed by atoms with van der Waals surface area (Å²) in [5.41, 5.74) is 0.616. The van der Waals surface area contributed by atoms with Gasteiger partial charge in [-0.25, -0.2) is 0 Å². The van der Waals surface area contributed by atoms with Crippen LogP contribution in [0.1, 0.15) is 51.4 Å². The Labute approximate surface area is 124 Å². The third-order valence-corrected chi connectivity index (χ3v) is 5.86. The van der Waals surface area contributed by atoms with E-state index in [-0.39, 0.29) is 0 Å². The monoisotopic (exact) mass is 280 g/mol. The molecule has 3 heteroatoms. The van der Waals surface area contributed by atoms with Crippen LogP contribution in [0.15, 0.2) is 0 Å². The third-order valence-electron chi connectivity index (χ3n) is 5.86. The molecule has 0 amide bonds. The molecule has 1 atom stereocenters. The first-order chi connectivity index (χ1) is 9.81. The standard InChI is InChI=1S/C17H32N2O/c1-20-12-9-17(7-8-17)14-19-11-10-18-16(13-19)15-5-3-2-4-6-15/h15-16,18H,2-14H2,1H3. The van der Waals surface area contributed by atoms with Crippen molar-refractivity contribution in [1.29, 1.82) is 0 Å². The zero-order chi connectivity index (χ0) is 13.8. The molecule has 0 aromatic rings. The summed E-state index contributed by atoms with van der Waals surface area (Å²) in [4.78, 5) is 2.75. The van der Waals surface area contributed by atoms with Gasteiger partial charge in [-0.3, -0.25) is 4.90 Å². The lowest BCUT2D eigenvalue weighted by Gasteiger charge is -2.40. The summed E-state index contributed by atoms with van der Waals surface area (Å²) in [5, 5.41) is 3.80. The van der Waals surface area contributed by atoms with Gasteiger partial charge in [-0.2, -0.15) is 0 Å². The Morgan fingerprint density at radius 3 is 2.70 bits per heavy atom. The fourth-order valence-electron chi connectivity index (χ4n) is 4.29. The average Bonchev–Trinajstić information content (AvgIpc) is 3.26. The van der Waals surface area contributed by atoms with Crippen LogP contribution in [0.3, 0.4) is 0 Å². The van der Waals surface area contributed by atoms with Gasteiger partial charge in [-0.1, -0.05) is 19.3 Å². The van der Waals surface area contributed by atoms with Crippen LogP contribution in [0.4, 0.5) is 0 Å². The van der Waals surface area contributed by atoms with E-state index in [1.807, 2.05) is 7.11 Å². The van der Waals surface area contributed by atoms with E-state index in [9.17, 15) is 0 Å². The maximum absolute atomic E-state index is 5.29. The normalized spacial score (nSPS) is 31.4.